The molecule has 0 aromatic heterocycles. The van der Waals surface area contributed by atoms with Crippen molar-refractivity contribution in [1.82, 2.24) is 5.32 Å². The monoisotopic (exact) mass is 263 g/mol. The van der Waals surface area contributed by atoms with Crippen LogP contribution in [0.4, 0.5) is 0 Å². The summed E-state index contributed by atoms with van der Waals surface area (Å²) in [6.45, 7) is 0. The third-order valence-electron chi connectivity index (χ3n) is 4.20. The average Bonchev–Trinajstić information content (AvgIpc) is 2.47. The Balaban J connectivity index is 2.10. The van der Waals surface area contributed by atoms with Crippen molar-refractivity contribution in [2.24, 2.45) is 0 Å². The van der Waals surface area contributed by atoms with Gasteiger partial charge in [0.05, 0.1) is 6.04 Å². The fourth-order valence-electron chi connectivity index (χ4n) is 3.20. The summed E-state index contributed by atoms with van der Waals surface area (Å²) in [5, 5.41) is 3.33. The molecule has 0 aliphatic heterocycles. The quantitative estimate of drug-likeness (QED) is 0.801. The molecule has 1 aliphatic carbocycles. The molecule has 0 amide bonds. The second kappa shape index (κ2) is 7.04. The first-order chi connectivity index (χ1) is 9.30. The molecule has 0 fully saturated rings. The van der Waals surface area contributed by atoms with Gasteiger partial charge in [-0.05, 0) is 49.8 Å². The Kier molecular flexibility index (Phi) is 5.37. The summed E-state index contributed by atoms with van der Waals surface area (Å²) < 4.78 is 10.8. The van der Waals surface area contributed by atoms with Gasteiger partial charge in [-0.2, -0.15) is 0 Å². The van der Waals surface area contributed by atoms with Gasteiger partial charge in [0.1, 0.15) is 0 Å². The van der Waals surface area contributed by atoms with Gasteiger partial charge in [-0.3, -0.25) is 0 Å². The van der Waals surface area contributed by atoms with Crippen LogP contribution in [0.15, 0.2) is 24.3 Å². The molecule has 0 bridgehead atoms. The van der Waals surface area contributed by atoms with Crippen LogP contribution in [0.1, 0.15) is 36.3 Å². The van der Waals surface area contributed by atoms with E-state index in [1.807, 2.05) is 7.05 Å². The van der Waals surface area contributed by atoms with Gasteiger partial charge in [0.2, 0.25) is 0 Å². The van der Waals surface area contributed by atoms with Crippen LogP contribution in [-0.4, -0.2) is 33.6 Å². The largest absolute Gasteiger partial charge is 0.354 e. The smallest absolute Gasteiger partial charge is 0.171 e. The molecule has 2 rings (SSSR count). The van der Waals surface area contributed by atoms with E-state index in [2.05, 4.69) is 29.6 Å². The van der Waals surface area contributed by atoms with Gasteiger partial charge in [0.25, 0.3) is 0 Å². The first-order valence-corrected chi connectivity index (χ1v) is 7.10. The topological polar surface area (TPSA) is 30.5 Å². The highest BCUT2D eigenvalue weighted by atomic mass is 16.7. The molecule has 1 aromatic carbocycles. The highest BCUT2D eigenvalue weighted by Crippen LogP contribution is 2.35. The summed E-state index contributed by atoms with van der Waals surface area (Å²) in [6, 6.07) is 9.06. The standard InChI is InChI=1S/C16H25NO2/c1-17-15(16(18-2)19-3)11-13-9-6-8-12-7-4-5-10-14(12)13/h4-5,7,10,13,15-17H,6,8-9,11H2,1-3H3. The van der Waals surface area contributed by atoms with Crippen molar-refractivity contribution >= 4 is 0 Å². The lowest BCUT2D eigenvalue weighted by Crippen LogP contribution is -2.41. The Labute approximate surface area is 116 Å². The Bertz CT molecular complexity index is 390. The van der Waals surface area contributed by atoms with Gasteiger partial charge in [-0.15, -0.1) is 0 Å². The molecule has 19 heavy (non-hydrogen) atoms. The van der Waals surface area contributed by atoms with Gasteiger partial charge in [-0.1, -0.05) is 24.3 Å². The van der Waals surface area contributed by atoms with Crippen LogP contribution in [0, 0.1) is 0 Å². The lowest BCUT2D eigenvalue weighted by atomic mass is 9.79. The molecule has 0 saturated heterocycles. The lowest BCUT2D eigenvalue weighted by molar-refractivity contribution is -0.124. The van der Waals surface area contributed by atoms with E-state index in [1.54, 1.807) is 14.2 Å². The Hall–Kier alpha value is -0.900. The van der Waals surface area contributed by atoms with E-state index in [1.165, 1.54) is 30.4 Å². The minimum absolute atomic E-state index is 0.181. The molecular weight excluding hydrogens is 238 g/mol. The number of aryl methyl sites for hydroxylation is 1. The Morgan fingerprint density at radius 1 is 1.26 bits per heavy atom. The molecule has 1 aliphatic rings. The summed E-state index contributed by atoms with van der Waals surface area (Å²) in [5.74, 6) is 0.607. The van der Waals surface area contributed by atoms with E-state index in [0.717, 1.165) is 6.42 Å². The maximum Gasteiger partial charge on any atom is 0.171 e. The molecule has 0 heterocycles. The van der Waals surface area contributed by atoms with E-state index in [-0.39, 0.29) is 12.3 Å². The van der Waals surface area contributed by atoms with Crippen molar-refractivity contribution in [2.75, 3.05) is 21.3 Å². The molecule has 3 nitrogen and oxygen atoms in total. The molecule has 1 N–H and O–H groups in total. The second-order valence-corrected chi connectivity index (χ2v) is 5.26. The number of methoxy groups -OCH3 is 2. The van der Waals surface area contributed by atoms with E-state index in [9.17, 15) is 0 Å². The van der Waals surface area contributed by atoms with Crippen molar-refractivity contribution in [3.05, 3.63) is 35.4 Å². The van der Waals surface area contributed by atoms with Crippen LogP contribution in [-0.2, 0) is 15.9 Å². The number of hydrogen-bond donors (Lipinski definition) is 1. The van der Waals surface area contributed by atoms with E-state index >= 15 is 0 Å². The number of benzene rings is 1. The van der Waals surface area contributed by atoms with Crippen molar-refractivity contribution < 1.29 is 9.47 Å². The third kappa shape index (κ3) is 3.35. The molecule has 2 atom stereocenters. The van der Waals surface area contributed by atoms with Crippen molar-refractivity contribution in [3.8, 4) is 0 Å². The van der Waals surface area contributed by atoms with Gasteiger partial charge in [0, 0.05) is 14.2 Å². The van der Waals surface area contributed by atoms with Gasteiger partial charge in [0.15, 0.2) is 6.29 Å². The van der Waals surface area contributed by atoms with Crippen molar-refractivity contribution in [3.63, 3.8) is 0 Å². The predicted molar refractivity (Wildman–Crippen MR) is 77.4 cm³/mol. The highest BCUT2D eigenvalue weighted by molar-refractivity contribution is 5.32. The van der Waals surface area contributed by atoms with E-state index in [4.69, 9.17) is 9.47 Å². The average molecular weight is 263 g/mol. The molecule has 106 valence electrons. The SMILES string of the molecule is CNC(CC1CCCc2ccccc21)C(OC)OC. The maximum atomic E-state index is 5.40. The highest BCUT2D eigenvalue weighted by Gasteiger charge is 2.27. The molecule has 1 aromatic rings. The lowest BCUT2D eigenvalue weighted by Gasteiger charge is -2.31. The Morgan fingerprint density at radius 3 is 2.68 bits per heavy atom. The first kappa shape index (κ1) is 14.5. The van der Waals surface area contributed by atoms with Crippen LogP contribution in [0.2, 0.25) is 0 Å². The maximum absolute atomic E-state index is 5.40. The van der Waals surface area contributed by atoms with Crippen LogP contribution in [0.25, 0.3) is 0 Å². The number of nitrogens with one attached hydrogen (secondary N) is 1. The summed E-state index contributed by atoms with van der Waals surface area (Å²) in [4.78, 5) is 0. The van der Waals surface area contributed by atoms with Crippen molar-refractivity contribution in [2.45, 2.75) is 43.9 Å². The fraction of sp³-hybridized carbons (Fsp3) is 0.625. The summed E-state index contributed by atoms with van der Waals surface area (Å²) in [6.07, 6.45) is 4.63. The molecule has 0 spiro atoms. The number of fused-ring (bicyclic) bond motifs is 1. The van der Waals surface area contributed by atoms with Gasteiger partial charge < -0.3 is 14.8 Å². The zero-order chi connectivity index (χ0) is 13.7. The minimum Gasteiger partial charge on any atom is -0.354 e. The number of likely N-dealkylation sites (N-methyl/N-ethyl adjacent to an activating group) is 1. The van der Waals surface area contributed by atoms with E-state index < -0.39 is 0 Å². The fourth-order valence-corrected chi connectivity index (χ4v) is 3.20. The number of ether oxygens (including phenoxy) is 2. The summed E-state index contributed by atoms with van der Waals surface area (Å²) in [5.41, 5.74) is 3.03. The zero-order valence-electron chi connectivity index (χ0n) is 12.2. The van der Waals surface area contributed by atoms with Gasteiger partial charge in [-0.25, -0.2) is 0 Å². The van der Waals surface area contributed by atoms with Crippen molar-refractivity contribution in [1.29, 1.82) is 0 Å². The molecular formula is C16H25NO2. The summed E-state index contributed by atoms with van der Waals surface area (Å²) >= 11 is 0. The molecule has 0 saturated carbocycles. The van der Waals surface area contributed by atoms with Gasteiger partial charge >= 0.3 is 0 Å². The first-order valence-electron chi connectivity index (χ1n) is 7.10. The third-order valence-corrected chi connectivity index (χ3v) is 4.20. The Morgan fingerprint density at radius 2 is 2.00 bits per heavy atom. The minimum atomic E-state index is -0.181. The zero-order valence-corrected chi connectivity index (χ0v) is 12.2. The van der Waals surface area contributed by atoms with Crippen LogP contribution in [0.3, 0.4) is 0 Å². The molecule has 0 radical (unpaired) electrons. The van der Waals surface area contributed by atoms with Crippen LogP contribution in [0.5, 0.6) is 0 Å². The van der Waals surface area contributed by atoms with Crippen LogP contribution < -0.4 is 5.32 Å². The molecule has 2 unspecified atom stereocenters. The summed E-state index contributed by atoms with van der Waals surface area (Å²) in [7, 11) is 5.38. The van der Waals surface area contributed by atoms with Crippen LogP contribution >= 0.6 is 0 Å². The normalized spacial score (nSPS) is 20.3. The molecule has 3 heteroatoms. The predicted octanol–water partition coefficient (Wildman–Crippen LogP) is 2.70. The number of rotatable bonds is 6. The second-order valence-electron chi connectivity index (χ2n) is 5.26. The van der Waals surface area contributed by atoms with E-state index in [0.29, 0.717) is 5.92 Å². The number of hydrogen-bond acceptors (Lipinski definition) is 3.